The van der Waals surface area contributed by atoms with Crippen LogP contribution in [0.5, 0.6) is 0 Å². The van der Waals surface area contributed by atoms with Crippen molar-refractivity contribution in [1.82, 2.24) is 5.32 Å². The number of anilines is 1. The molecule has 0 bridgehead atoms. The third-order valence-electron chi connectivity index (χ3n) is 4.20. The molecule has 0 radical (unpaired) electrons. The van der Waals surface area contributed by atoms with Crippen LogP contribution in [0.2, 0.25) is 5.02 Å². The summed E-state index contributed by atoms with van der Waals surface area (Å²) in [5, 5.41) is 16.3. The summed E-state index contributed by atoms with van der Waals surface area (Å²) in [5.74, 6) is 0.649. The number of urea groups is 1. The van der Waals surface area contributed by atoms with Gasteiger partial charge in [0.2, 0.25) is 0 Å². The van der Waals surface area contributed by atoms with E-state index in [1.807, 2.05) is 0 Å². The first-order valence-corrected chi connectivity index (χ1v) is 8.04. The summed E-state index contributed by atoms with van der Waals surface area (Å²) in [7, 11) is 0. The monoisotopic (exact) mass is 339 g/mol. The van der Waals surface area contributed by atoms with Crippen molar-refractivity contribution in [2.45, 2.75) is 37.8 Å². The van der Waals surface area contributed by atoms with Gasteiger partial charge in [-0.05, 0) is 43.7 Å². The van der Waals surface area contributed by atoms with Gasteiger partial charge in [-0.1, -0.05) is 11.6 Å². The molecule has 1 saturated heterocycles. The van der Waals surface area contributed by atoms with E-state index in [4.69, 9.17) is 16.3 Å². The molecule has 0 unspecified atom stereocenters. The minimum absolute atomic E-state index is 0.00679. The molecular formula is C15H18ClN3O4. The van der Waals surface area contributed by atoms with Crippen LogP contribution < -0.4 is 10.6 Å². The number of ether oxygens (including phenoxy) is 1. The fourth-order valence-corrected chi connectivity index (χ4v) is 3.09. The molecule has 3 rings (SSSR count). The Hall–Kier alpha value is -1.86. The molecule has 1 aromatic carbocycles. The van der Waals surface area contributed by atoms with Gasteiger partial charge in [-0.15, -0.1) is 0 Å². The summed E-state index contributed by atoms with van der Waals surface area (Å²) < 4.78 is 5.73. The van der Waals surface area contributed by atoms with Crippen LogP contribution in [0.25, 0.3) is 0 Å². The Kier molecular flexibility index (Phi) is 4.68. The van der Waals surface area contributed by atoms with Crippen LogP contribution in [-0.2, 0) is 4.74 Å². The molecule has 1 aliphatic heterocycles. The van der Waals surface area contributed by atoms with Gasteiger partial charge in [0.15, 0.2) is 0 Å². The average Bonchev–Trinajstić information content (AvgIpc) is 3.31. The van der Waals surface area contributed by atoms with E-state index in [1.165, 1.54) is 31.0 Å². The number of halogens is 1. The summed E-state index contributed by atoms with van der Waals surface area (Å²) in [6, 6.07) is 3.85. The van der Waals surface area contributed by atoms with Gasteiger partial charge >= 0.3 is 6.03 Å². The molecule has 1 aromatic rings. The number of nitrogens with zero attached hydrogens (tertiary/aromatic N) is 1. The van der Waals surface area contributed by atoms with E-state index in [1.54, 1.807) is 0 Å². The zero-order chi connectivity index (χ0) is 16.4. The lowest BCUT2D eigenvalue weighted by atomic mass is 10.0. The third-order valence-corrected chi connectivity index (χ3v) is 4.50. The number of nitro groups is 1. The third kappa shape index (κ3) is 4.11. The first-order valence-electron chi connectivity index (χ1n) is 7.66. The van der Waals surface area contributed by atoms with Gasteiger partial charge in [0, 0.05) is 24.4 Å². The van der Waals surface area contributed by atoms with E-state index in [0.717, 1.165) is 12.8 Å². The Morgan fingerprint density at radius 2 is 2.13 bits per heavy atom. The second-order valence-electron chi connectivity index (χ2n) is 5.99. The second-order valence-corrected chi connectivity index (χ2v) is 6.40. The molecule has 1 heterocycles. The van der Waals surface area contributed by atoms with E-state index < -0.39 is 4.92 Å². The van der Waals surface area contributed by atoms with E-state index in [-0.39, 0.29) is 28.9 Å². The molecule has 2 aliphatic rings. The fraction of sp³-hybridized carbons (Fsp3) is 0.533. The number of carbonyl (C=O) groups is 1. The number of amides is 2. The summed E-state index contributed by atoms with van der Waals surface area (Å²) >= 11 is 5.83. The number of benzene rings is 1. The van der Waals surface area contributed by atoms with Crippen molar-refractivity contribution in [1.29, 1.82) is 0 Å². The second kappa shape index (κ2) is 6.72. The highest BCUT2D eigenvalue weighted by atomic mass is 35.5. The minimum Gasteiger partial charge on any atom is -0.378 e. The van der Waals surface area contributed by atoms with Gasteiger partial charge in [-0.3, -0.25) is 10.1 Å². The molecule has 124 valence electrons. The summed E-state index contributed by atoms with van der Waals surface area (Å²) in [6.45, 7) is 0.662. The van der Waals surface area contributed by atoms with Crippen LogP contribution in [0.1, 0.15) is 25.7 Å². The quantitative estimate of drug-likeness (QED) is 0.650. The molecule has 0 aromatic heterocycles. The van der Waals surface area contributed by atoms with E-state index in [9.17, 15) is 14.9 Å². The largest absolute Gasteiger partial charge is 0.378 e. The fourth-order valence-electron chi connectivity index (χ4n) is 2.84. The van der Waals surface area contributed by atoms with Gasteiger partial charge in [-0.25, -0.2) is 4.79 Å². The minimum atomic E-state index is -0.563. The van der Waals surface area contributed by atoms with Crippen molar-refractivity contribution in [3.63, 3.8) is 0 Å². The summed E-state index contributed by atoms with van der Waals surface area (Å²) in [6.07, 6.45) is 4.30. The molecule has 2 fully saturated rings. The Labute approximate surface area is 138 Å². The first-order chi connectivity index (χ1) is 11.0. The van der Waals surface area contributed by atoms with Crippen molar-refractivity contribution < 1.29 is 14.5 Å². The van der Waals surface area contributed by atoms with Crippen LogP contribution in [0.3, 0.4) is 0 Å². The molecule has 1 aliphatic carbocycles. The van der Waals surface area contributed by atoms with Gasteiger partial charge < -0.3 is 15.4 Å². The van der Waals surface area contributed by atoms with Crippen LogP contribution in [0.4, 0.5) is 16.2 Å². The zero-order valence-corrected chi connectivity index (χ0v) is 13.2. The highest BCUT2D eigenvalue weighted by Crippen LogP contribution is 2.38. The number of rotatable bonds is 4. The Morgan fingerprint density at radius 3 is 2.78 bits per heavy atom. The van der Waals surface area contributed by atoms with Crippen molar-refractivity contribution in [3.05, 3.63) is 33.3 Å². The SMILES string of the molecule is O=C(Nc1ccc([N+](=O)[O-])c(Cl)c1)N[C@@H]1CCO[C@H](C2CC2)C1. The summed E-state index contributed by atoms with van der Waals surface area (Å²) in [5.41, 5.74) is 0.234. The molecule has 0 spiro atoms. The average molecular weight is 340 g/mol. The number of nitrogens with one attached hydrogen (secondary N) is 2. The van der Waals surface area contributed by atoms with Crippen molar-refractivity contribution in [2.75, 3.05) is 11.9 Å². The highest BCUT2D eigenvalue weighted by molar-refractivity contribution is 6.33. The maximum absolute atomic E-state index is 12.1. The van der Waals surface area contributed by atoms with Crippen LogP contribution in [-0.4, -0.2) is 29.7 Å². The molecule has 2 N–H and O–H groups in total. The lowest BCUT2D eigenvalue weighted by Crippen LogP contribution is -2.44. The van der Waals surface area contributed by atoms with Gasteiger partial charge in [0.25, 0.3) is 5.69 Å². The highest BCUT2D eigenvalue weighted by Gasteiger charge is 2.36. The zero-order valence-electron chi connectivity index (χ0n) is 12.5. The van der Waals surface area contributed by atoms with E-state index in [0.29, 0.717) is 18.2 Å². The molecule has 23 heavy (non-hydrogen) atoms. The molecule has 8 heteroatoms. The Morgan fingerprint density at radius 1 is 1.35 bits per heavy atom. The van der Waals surface area contributed by atoms with Gasteiger partial charge in [0.1, 0.15) is 5.02 Å². The maximum atomic E-state index is 12.1. The Balaban J connectivity index is 1.54. The van der Waals surface area contributed by atoms with Crippen molar-refractivity contribution in [2.24, 2.45) is 5.92 Å². The van der Waals surface area contributed by atoms with Crippen LogP contribution >= 0.6 is 11.6 Å². The lowest BCUT2D eigenvalue weighted by molar-refractivity contribution is -0.384. The number of hydrogen-bond donors (Lipinski definition) is 2. The molecule has 2 atom stereocenters. The van der Waals surface area contributed by atoms with Gasteiger partial charge in [-0.2, -0.15) is 0 Å². The van der Waals surface area contributed by atoms with E-state index in [2.05, 4.69) is 10.6 Å². The lowest BCUT2D eigenvalue weighted by Gasteiger charge is -2.30. The Bertz CT molecular complexity index is 621. The molecular weight excluding hydrogens is 322 g/mol. The molecule has 2 amide bonds. The smallest absolute Gasteiger partial charge is 0.319 e. The van der Waals surface area contributed by atoms with Crippen LogP contribution in [0, 0.1) is 16.0 Å². The molecule has 1 saturated carbocycles. The molecule has 7 nitrogen and oxygen atoms in total. The maximum Gasteiger partial charge on any atom is 0.319 e. The first kappa shape index (κ1) is 16.0. The predicted molar refractivity (Wildman–Crippen MR) is 85.7 cm³/mol. The number of nitro benzene ring substituents is 1. The number of carbonyl (C=O) groups excluding carboxylic acids is 1. The topological polar surface area (TPSA) is 93.5 Å². The van der Waals surface area contributed by atoms with Crippen molar-refractivity contribution in [3.8, 4) is 0 Å². The van der Waals surface area contributed by atoms with E-state index >= 15 is 0 Å². The number of hydrogen-bond acceptors (Lipinski definition) is 4. The van der Waals surface area contributed by atoms with Gasteiger partial charge in [0.05, 0.1) is 11.0 Å². The van der Waals surface area contributed by atoms with Crippen LogP contribution in [0.15, 0.2) is 18.2 Å². The van der Waals surface area contributed by atoms with Crippen molar-refractivity contribution >= 4 is 29.0 Å². The summed E-state index contributed by atoms with van der Waals surface area (Å²) in [4.78, 5) is 22.2. The predicted octanol–water partition coefficient (Wildman–Crippen LogP) is 3.33. The standard InChI is InChI=1S/C15H18ClN3O4/c16-12-7-10(3-4-13(12)19(21)22)17-15(20)18-11-5-6-23-14(8-11)9-1-2-9/h3-4,7,9,11,14H,1-2,5-6,8H2,(H2,17,18,20)/t11-,14+/m1/s1. The normalized spacial score (nSPS) is 24.0.